The van der Waals surface area contributed by atoms with Gasteiger partial charge >= 0.3 is 0 Å². The van der Waals surface area contributed by atoms with Crippen molar-refractivity contribution in [3.8, 4) is 17.0 Å². The standard InChI is InChI=1S/C16H18N4O3S/c1-23-12-4-2-3-11(9-12)13-14(24-19-18-13)16(22)20-7-5-10(6-8-20)15(17)21/h2-4,9-10H,5-8H2,1H3,(H2,17,21). The van der Waals surface area contributed by atoms with E-state index in [2.05, 4.69) is 9.59 Å². The summed E-state index contributed by atoms with van der Waals surface area (Å²) in [5, 5.41) is 4.11. The zero-order chi connectivity index (χ0) is 17.1. The second kappa shape index (κ2) is 6.96. The molecule has 24 heavy (non-hydrogen) atoms. The van der Waals surface area contributed by atoms with Crippen LogP contribution < -0.4 is 10.5 Å². The number of nitrogens with two attached hydrogens (primary N) is 1. The van der Waals surface area contributed by atoms with Gasteiger partial charge in [0.15, 0.2) is 0 Å². The second-order valence-electron chi connectivity index (χ2n) is 5.65. The number of amides is 2. The van der Waals surface area contributed by atoms with Gasteiger partial charge in [0, 0.05) is 24.6 Å². The summed E-state index contributed by atoms with van der Waals surface area (Å²) in [7, 11) is 1.59. The first-order valence-corrected chi connectivity index (χ1v) is 8.43. The summed E-state index contributed by atoms with van der Waals surface area (Å²) in [5.41, 5.74) is 6.69. The highest BCUT2D eigenvalue weighted by molar-refractivity contribution is 7.08. The van der Waals surface area contributed by atoms with Crippen molar-refractivity contribution in [1.82, 2.24) is 14.5 Å². The number of carbonyl (C=O) groups excluding carboxylic acids is 2. The Hall–Kier alpha value is -2.48. The Balaban J connectivity index is 1.80. The third-order valence-corrected chi connectivity index (χ3v) is 4.92. The summed E-state index contributed by atoms with van der Waals surface area (Å²) < 4.78 is 9.16. The van der Waals surface area contributed by atoms with Gasteiger partial charge in [-0.1, -0.05) is 16.6 Å². The van der Waals surface area contributed by atoms with E-state index < -0.39 is 0 Å². The Morgan fingerprint density at radius 1 is 1.33 bits per heavy atom. The zero-order valence-electron chi connectivity index (χ0n) is 13.3. The van der Waals surface area contributed by atoms with Crippen molar-refractivity contribution in [3.05, 3.63) is 29.1 Å². The lowest BCUT2D eigenvalue weighted by molar-refractivity contribution is -0.123. The largest absolute Gasteiger partial charge is 0.497 e. The fourth-order valence-electron chi connectivity index (χ4n) is 2.80. The molecule has 1 aromatic heterocycles. The second-order valence-corrected chi connectivity index (χ2v) is 6.41. The highest BCUT2D eigenvalue weighted by atomic mass is 32.1. The number of likely N-dealkylation sites (tertiary alicyclic amines) is 1. The summed E-state index contributed by atoms with van der Waals surface area (Å²) in [6, 6.07) is 7.38. The minimum absolute atomic E-state index is 0.106. The lowest BCUT2D eigenvalue weighted by Crippen LogP contribution is -2.41. The van der Waals surface area contributed by atoms with Crippen molar-refractivity contribution in [1.29, 1.82) is 0 Å². The van der Waals surface area contributed by atoms with Crippen LogP contribution in [-0.4, -0.2) is 46.5 Å². The summed E-state index contributed by atoms with van der Waals surface area (Å²) in [6.45, 7) is 1.03. The molecule has 0 saturated carbocycles. The van der Waals surface area contributed by atoms with E-state index in [0.29, 0.717) is 42.3 Å². The van der Waals surface area contributed by atoms with Crippen LogP contribution in [0.15, 0.2) is 24.3 Å². The topological polar surface area (TPSA) is 98.4 Å². The van der Waals surface area contributed by atoms with E-state index in [1.54, 1.807) is 12.0 Å². The number of methoxy groups -OCH3 is 1. The highest BCUT2D eigenvalue weighted by Gasteiger charge is 2.29. The van der Waals surface area contributed by atoms with Crippen LogP contribution >= 0.6 is 11.5 Å². The normalized spacial score (nSPS) is 15.3. The number of piperidine rings is 1. The van der Waals surface area contributed by atoms with E-state index in [0.717, 1.165) is 17.1 Å². The first-order valence-electron chi connectivity index (χ1n) is 7.65. The number of carbonyl (C=O) groups is 2. The number of hydrogen-bond donors (Lipinski definition) is 1. The van der Waals surface area contributed by atoms with Crippen molar-refractivity contribution in [3.63, 3.8) is 0 Å². The van der Waals surface area contributed by atoms with Crippen LogP contribution in [-0.2, 0) is 4.79 Å². The zero-order valence-corrected chi connectivity index (χ0v) is 14.1. The lowest BCUT2D eigenvalue weighted by atomic mass is 9.96. The molecular weight excluding hydrogens is 328 g/mol. The van der Waals surface area contributed by atoms with Gasteiger partial charge in [-0.3, -0.25) is 9.59 Å². The number of benzene rings is 1. The molecule has 0 unspecified atom stereocenters. The lowest BCUT2D eigenvalue weighted by Gasteiger charge is -2.30. The molecule has 3 rings (SSSR count). The summed E-state index contributed by atoms with van der Waals surface area (Å²) in [5.74, 6) is 0.150. The van der Waals surface area contributed by atoms with Crippen LogP contribution in [0, 0.1) is 5.92 Å². The molecule has 2 aromatic rings. The summed E-state index contributed by atoms with van der Waals surface area (Å²) >= 11 is 1.08. The van der Waals surface area contributed by atoms with Crippen LogP contribution in [0.25, 0.3) is 11.3 Å². The molecule has 0 atom stereocenters. The third kappa shape index (κ3) is 3.23. The Morgan fingerprint density at radius 3 is 2.75 bits per heavy atom. The van der Waals surface area contributed by atoms with E-state index in [-0.39, 0.29) is 17.7 Å². The van der Waals surface area contributed by atoms with Crippen molar-refractivity contribution in [2.75, 3.05) is 20.2 Å². The molecule has 1 fully saturated rings. The molecule has 1 saturated heterocycles. The number of ether oxygens (including phenoxy) is 1. The molecule has 2 N–H and O–H groups in total. The number of primary amides is 1. The molecule has 7 nitrogen and oxygen atoms in total. The van der Waals surface area contributed by atoms with Gasteiger partial charge in [0.25, 0.3) is 5.91 Å². The Labute approximate surface area is 143 Å². The van der Waals surface area contributed by atoms with Gasteiger partial charge in [0.2, 0.25) is 5.91 Å². The Bertz CT molecular complexity index is 753. The minimum Gasteiger partial charge on any atom is -0.497 e. The van der Waals surface area contributed by atoms with Gasteiger partial charge in [0.05, 0.1) is 7.11 Å². The van der Waals surface area contributed by atoms with E-state index in [1.165, 1.54) is 0 Å². The smallest absolute Gasteiger partial charge is 0.267 e. The van der Waals surface area contributed by atoms with Crippen LogP contribution in [0.2, 0.25) is 0 Å². The van der Waals surface area contributed by atoms with E-state index in [9.17, 15) is 9.59 Å². The van der Waals surface area contributed by atoms with Crippen molar-refractivity contribution in [2.45, 2.75) is 12.8 Å². The Kier molecular flexibility index (Phi) is 4.75. The van der Waals surface area contributed by atoms with Crippen molar-refractivity contribution >= 4 is 23.3 Å². The highest BCUT2D eigenvalue weighted by Crippen LogP contribution is 2.29. The van der Waals surface area contributed by atoms with Gasteiger partial charge < -0.3 is 15.4 Å². The van der Waals surface area contributed by atoms with Gasteiger partial charge in [-0.05, 0) is 36.5 Å². The van der Waals surface area contributed by atoms with Gasteiger partial charge in [-0.15, -0.1) is 5.10 Å². The van der Waals surface area contributed by atoms with E-state index in [1.807, 2.05) is 24.3 Å². The van der Waals surface area contributed by atoms with Gasteiger partial charge in [-0.25, -0.2) is 0 Å². The molecule has 126 valence electrons. The number of aromatic nitrogens is 2. The van der Waals surface area contributed by atoms with Crippen LogP contribution in [0.1, 0.15) is 22.5 Å². The fourth-order valence-corrected chi connectivity index (χ4v) is 3.46. The van der Waals surface area contributed by atoms with E-state index in [4.69, 9.17) is 10.5 Å². The van der Waals surface area contributed by atoms with Crippen LogP contribution in [0.4, 0.5) is 0 Å². The fraction of sp³-hybridized carbons (Fsp3) is 0.375. The quantitative estimate of drug-likeness (QED) is 0.906. The van der Waals surface area contributed by atoms with Crippen molar-refractivity contribution in [2.24, 2.45) is 11.7 Å². The SMILES string of the molecule is COc1cccc(-c2nnsc2C(=O)N2CCC(C(N)=O)CC2)c1. The van der Waals surface area contributed by atoms with Gasteiger partial charge in [-0.2, -0.15) is 0 Å². The predicted molar refractivity (Wildman–Crippen MR) is 89.7 cm³/mol. The summed E-state index contributed by atoms with van der Waals surface area (Å²) in [4.78, 5) is 26.3. The molecule has 2 amide bonds. The maximum absolute atomic E-state index is 12.8. The third-order valence-electron chi connectivity index (χ3n) is 4.21. The number of nitrogens with zero attached hydrogens (tertiary/aromatic N) is 3. The molecular formula is C16H18N4O3S. The average molecular weight is 346 g/mol. The molecule has 0 radical (unpaired) electrons. The molecule has 1 aliphatic heterocycles. The van der Waals surface area contributed by atoms with Crippen LogP contribution in [0.3, 0.4) is 0 Å². The van der Waals surface area contributed by atoms with Crippen molar-refractivity contribution < 1.29 is 14.3 Å². The molecule has 1 aromatic carbocycles. The number of rotatable bonds is 4. The monoisotopic (exact) mass is 346 g/mol. The average Bonchev–Trinajstić information content (AvgIpc) is 3.11. The van der Waals surface area contributed by atoms with Crippen LogP contribution in [0.5, 0.6) is 5.75 Å². The molecule has 0 aliphatic carbocycles. The van der Waals surface area contributed by atoms with E-state index >= 15 is 0 Å². The Morgan fingerprint density at radius 2 is 2.08 bits per heavy atom. The minimum atomic E-state index is -0.293. The maximum Gasteiger partial charge on any atom is 0.267 e. The molecule has 1 aliphatic rings. The predicted octanol–water partition coefficient (Wildman–Crippen LogP) is 1.55. The number of hydrogen-bond acceptors (Lipinski definition) is 6. The molecule has 8 heteroatoms. The molecule has 0 spiro atoms. The summed E-state index contributed by atoms with van der Waals surface area (Å²) in [6.07, 6.45) is 1.20. The van der Waals surface area contributed by atoms with Gasteiger partial charge in [0.1, 0.15) is 16.3 Å². The first-order chi connectivity index (χ1) is 11.6. The molecule has 0 bridgehead atoms. The first kappa shape index (κ1) is 16.4. The molecule has 2 heterocycles. The maximum atomic E-state index is 12.8.